The fourth-order valence-electron chi connectivity index (χ4n) is 3.70. The van der Waals surface area contributed by atoms with Gasteiger partial charge >= 0.3 is 0 Å². The normalized spacial score (nSPS) is 16.2. The SMILES string of the molecule is COc1ccc(C2(CNC(=O)c3cc4ccccc4s3)CCOCC2)cc1. The summed E-state index contributed by atoms with van der Waals surface area (Å²) in [5.41, 5.74) is 1.12. The molecule has 1 aliphatic heterocycles. The van der Waals surface area contributed by atoms with Gasteiger partial charge in [0.2, 0.25) is 0 Å². The van der Waals surface area contributed by atoms with E-state index in [1.165, 1.54) is 16.9 Å². The molecule has 1 aliphatic rings. The van der Waals surface area contributed by atoms with E-state index in [4.69, 9.17) is 9.47 Å². The van der Waals surface area contributed by atoms with Gasteiger partial charge in [0.1, 0.15) is 5.75 Å². The van der Waals surface area contributed by atoms with E-state index in [0.29, 0.717) is 19.8 Å². The Kier molecular flexibility index (Phi) is 5.14. The first-order valence-corrected chi connectivity index (χ1v) is 10.0. The summed E-state index contributed by atoms with van der Waals surface area (Å²) in [5.74, 6) is 0.839. The molecule has 0 bridgehead atoms. The molecular weight excluding hydrogens is 358 g/mol. The van der Waals surface area contributed by atoms with E-state index in [1.807, 2.05) is 42.5 Å². The molecule has 1 aromatic heterocycles. The van der Waals surface area contributed by atoms with E-state index in [2.05, 4.69) is 17.4 Å². The summed E-state index contributed by atoms with van der Waals surface area (Å²) in [5, 5.41) is 4.30. The van der Waals surface area contributed by atoms with Crippen LogP contribution in [0.4, 0.5) is 0 Å². The van der Waals surface area contributed by atoms with Crippen LogP contribution in [0.15, 0.2) is 54.6 Å². The minimum atomic E-state index is -0.100. The van der Waals surface area contributed by atoms with Crippen molar-refractivity contribution in [2.45, 2.75) is 18.3 Å². The zero-order valence-electron chi connectivity index (χ0n) is 15.4. The summed E-state index contributed by atoms with van der Waals surface area (Å²) in [7, 11) is 1.67. The minimum absolute atomic E-state index is 0.00409. The number of benzene rings is 2. The van der Waals surface area contributed by atoms with Crippen molar-refractivity contribution in [1.29, 1.82) is 0 Å². The van der Waals surface area contributed by atoms with Crippen LogP contribution in [0.1, 0.15) is 28.1 Å². The molecule has 4 rings (SSSR count). The molecule has 2 heterocycles. The first-order chi connectivity index (χ1) is 13.2. The molecule has 140 valence electrons. The summed E-state index contributed by atoms with van der Waals surface area (Å²) in [6, 6.07) is 18.2. The Hall–Kier alpha value is -2.37. The topological polar surface area (TPSA) is 47.6 Å². The van der Waals surface area contributed by atoms with E-state index < -0.39 is 0 Å². The monoisotopic (exact) mass is 381 g/mol. The van der Waals surface area contributed by atoms with Crippen molar-refractivity contribution < 1.29 is 14.3 Å². The zero-order valence-corrected chi connectivity index (χ0v) is 16.2. The summed E-state index contributed by atoms with van der Waals surface area (Å²) in [6.07, 6.45) is 1.79. The molecule has 0 spiro atoms. The van der Waals surface area contributed by atoms with Gasteiger partial charge in [-0.15, -0.1) is 11.3 Å². The molecule has 1 fully saturated rings. The highest BCUT2D eigenvalue weighted by Crippen LogP contribution is 2.35. The third kappa shape index (κ3) is 3.70. The Balaban J connectivity index is 1.53. The highest BCUT2D eigenvalue weighted by Gasteiger charge is 2.35. The van der Waals surface area contributed by atoms with Crippen molar-refractivity contribution in [2.75, 3.05) is 26.9 Å². The van der Waals surface area contributed by atoms with Crippen LogP contribution >= 0.6 is 11.3 Å². The molecule has 1 N–H and O–H groups in total. The van der Waals surface area contributed by atoms with Gasteiger partial charge in [-0.1, -0.05) is 30.3 Å². The Labute approximate surface area is 163 Å². The fraction of sp³-hybridized carbons (Fsp3) is 0.318. The van der Waals surface area contributed by atoms with Gasteiger partial charge in [0.15, 0.2) is 0 Å². The van der Waals surface area contributed by atoms with Crippen molar-refractivity contribution in [2.24, 2.45) is 0 Å². The Morgan fingerprint density at radius 3 is 2.59 bits per heavy atom. The van der Waals surface area contributed by atoms with Gasteiger partial charge in [-0.25, -0.2) is 0 Å². The molecule has 4 nitrogen and oxygen atoms in total. The molecule has 1 amide bonds. The van der Waals surface area contributed by atoms with Crippen LogP contribution < -0.4 is 10.1 Å². The number of ether oxygens (including phenoxy) is 2. The number of fused-ring (bicyclic) bond motifs is 1. The molecular formula is C22H23NO3S. The fourth-order valence-corrected chi connectivity index (χ4v) is 4.68. The van der Waals surface area contributed by atoms with Crippen molar-refractivity contribution in [3.8, 4) is 5.75 Å². The second-order valence-corrected chi connectivity index (χ2v) is 8.04. The standard InChI is InChI=1S/C22H23NO3S/c1-25-18-8-6-17(7-9-18)22(10-12-26-13-11-22)15-23-21(24)20-14-16-4-2-3-5-19(16)27-20/h2-9,14H,10-13,15H2,1H3,(H,23,24). The highest BCUT2D eigenvalue weighted by atomic mass is 32.1. The number of hydrogen-bond donors (Lipinski definition) is 1. The third-order valence-corrected chi connectivity index (χ3v) is 6.50. The van der Waals surface area contributed by atoms with E-state index in [-0.39, 0.29) is 11.3 Å². The van der Waals surface area contributed by atoms with Gasteiger partial charge in [-0.3, -0.25) is 4.79 Å². The van der Waals surface area contributed by atoms with Gasteiger partial charge in [-0.05, 0) is 48.1 Å². The van der Waals surface area contributed by atoms with Crippen LogP contribution in [0.5, 0.6) is 5.75 Å². The number of thiophene rings is 1. The molecule has 0 aliphatic carbocycles. The van der Waals surface area contributed by atoms with Gasteiger partial charge < -0.3 is 14.8 Å². The third-order valence-electron chi connectivity index (χ3n) is 5.39. The van der Waals surface area contributed by atoms with Crippen LogP contribution in [0.25, 0.3) is 10.1 Å². The number of methoxy groups -OCH3 is 1. The van der Waals surface area contributed by atoms with Crippen LogP contribution in [0.2, 0.25) is 0 Å². The van der Waals surface area contributed by atoms with E-state index in [9.17, 15) is 4.79 Å². The quantitative estimate of drug-likeness (QED) is 0.713. The average Bonchev–Trinajstić information content (AvgIpc) is 3.17. The maximum absolute atomic E-state index is 12.8. The molecule has 5 heteroatoms. The lowest BCUT2D eigenvalue weighted by Crippen LogP contribution is -2.44. The van der Waals surface area contributed by atoms with E-state index in [1.54, 1.807) is 7.11 Å². The smallest absolute Gasteiger partial charge is 0.261 e. The number of carbonyl (C=O) groups excluding carboxylic acids is 1. The van der Waals surface area contributed by atoms with Crippen LogP contribution in [-0.4, -0.2) is 32.8 Å². The lowest BCUT2D eigenvalue weighted by Gasteiger charge is -2.38. The molecule has 3 aromatic rings. The maximum Gasteiger partial charge on any atom is 0.261 e. The minimum Gasteiger partial charge on any atom is -0.497 e. The molecule has 0 saturated carbocycles. The van der Waals surface area contributed by atoms with Gasteiger partial charge in [-0.2, -0.15) is 0 Å². The lowest BCUT2D eigenvalue weighted by atomic mass is 9.74. The summed E-state index contributed by atoms with van der Waals surface area (Å²) < 4.78 is 12.0. The highest BCUT2D eigenvalue weighted by molar-refractivity contribution is 7.20. The summed E-state index contributed by atoms with van der Waals surface area (Å²) in [6.45, 7) is 2.03. The number of rotatable bonds is 5. The number of carbonyl (C=O) groups is 1. The second-order valence-electron chi connectivity index (χ2n) is 6.95. The molecule has 27 heavy (non-hydrogen) atoms. The molecule has 0 radical (unpaired) electrons. The number of amides is 1. The van der Waals surface area contributed by atoms with Crippen LogP contribution in [0.3, 0.4) is 0 Å². The van der Waals surface area contributed by atoms with E-state index >= 15 is 0 Å². The molecule has 1 saturated heterocycles. The Morgan fingerprint density at radius 2 is 1.89 bits per heavy atom. The first-order valence-electron chi connectivity index (χ1n) is 9.19. The average molecular weight is 381 g/mol. The van der Waals surface area contributed by atoms with Crippen molar-refractivity contribution >= 4 is 27.3 Å². The van der Waals surface area contributed by atoms with Gasteiger partial charge in [0.05, 0.1) is 12.0 Å². The van der Waals surface area contributed by atoms with E-state index in [0.717, 1.165) is 33.6 Å². The summed E-state index contributed by atoms with van der Waals surface area (Å²) >= 11 is 1.54. The van der Waals surface area contributed by atoms with Crippen molar-refractivity contribution in [3.63, 3.8) is 0 Å². The first kappa shape index (κ1) is 18.0. The number of hydrogen-bond acceptors (Lipinski definition) is 4. The summed E-state index contributed by atoms with van der Waals surface area (Å²) in [4.78, 5) is 13.5. The second kappa shape index (κ2) is 7.71. The largest absolute Gasteiger partial charge is 0.497 e. The predicted molar refractivity (Wildman–Crippen MR) is 109 cm³/mol. The van der Waals surface area contributed by atoms with Crippen molar-refractivity contribution in [3.05, 3.63) is 65.0 Å². The van der Waals surface area contributed by atoms with Crippen LogP contribution in [-0.2, 0) is 10.2 Å². The van der Waals surface area contributed by atoms with Crippen molar-refractivity contribution in [1.82, 2.24) is 5.32 Å². The lowest BCUT2D eigenvalue weighted by molar-refractivity contribution is 0.0487. The Bertz CT molecular complexity index is 893. The zero-order chi connectivity index (χ0) is 18.7. The molecule has 0 unspecified atom stereocenters. The molecule has 2 aromatic carbocycles. The number of nitrogens with one attached hydrogen (secondary N) is 1. The predicted octanol–water partition coefficient (Wildman–Crippen LogP) is 4.39. The Morgan fingerprint density at radius 1 is 1.15 bits per heavy atom. The van der Waals surface area contributed by atoms with Gasteiger partial charge in [0.25, 0.3) is 5.91 Å². The maximum atomic E-state index is 12.8. The molecule has 0 atom stereocenters. The van der Waals surface area contributed by atoms with Crippen LogP contribution in [0, 0.1) is 0 Å². The van der Waals surface area contributed by atoms with Gasteiger partial charge in [0, 0.05) is 29.9 Å².